The minimum Gasteiger partial charge on any atom is -0.588 e. The number of benzene rings is 2. The Bertz CT molecular complexity index is 1430. The Kier molecular flexibility index (Phi) is 8.13. The van der Waals surface area contributed by atoms with Gasteiger partial charge >= 0.3 is 0 Å². The predicted octanol–water partition coefficient (Wildman–Crippen LogP) is 5.13. The summed E-state index contributed by atoms with van der Waals surface area (Å²) in [5.41, 5.74) is 9.63. The van der Waals surface area contributed by atoms with Crippen LogP contribution in [0.25, 0.3) is 22.0 Å². The number of ether oxygens (including phenoxy) is 1. The molecule has 38 heavy (non-hydrogen) atoms. The van der Waals surface area contributed by atoms with E-state index in [1.54, 1.807) is 37.6 Å². The number of anilines is 2. The van der Waals surface area contributed by atoms with Crippen molar-refractivity contribution in [1.82, 2.24) is 19.9 Å². The Hall–Kier alpha value is -3.18. The Labute approximate surface area is 229 Å². The van der Waals surface area contributed by atoms with Crippen molar-refractivity contribution in [3.8, 4) is 17.0 Å². The topological polar surface area (TPSA) is 134 Å². The highest BCUT2D eigenvalue weighted by atomic mass is 35.5. The van der Waals surface area contributed by atoms with Crippen LogP contribution in [-0.4, -0.2) is 43.7 Å². The quantitative estimate of drug-likeness (QED) is 0.255. The fourth-order valence-electron chi connectivity index (χ4n) is 4.66. The van der Waals surface area contributed by atoms with E-state index in [2.05, 4.69) is 38.0 Å². The zero-order chi connectivity index (χ0) is 26.6. The number of hydrogen-bond donors (Lipinski definition) is 3. The molecule has 9 nitrogen and oxygen atoms in total. The maximum atomic E-state index is 12.8. The number of aryl methyl sites for hydroxylation is 1. The van der Waals surface area contributed by atoms with Crippen molar-refractivity contribution < 1.29 is 9.29 Å². The van der Waals surface area contributed by atoms with Gasteiger partial charge in [0.2, 0.25) is 11.8 Å². The number of nitrogens with zero attached hydrogens (tertiary/aromatic N) is 4. The zero-order valence-corrected chi connectivity index (χ0v) is 22.9. The average molecular weight is 552 g/mol. The second kappa shape index (κ2) is 11.7. The lowest BCUT2D eigenvalue weighted by Gasteiger charge is -2.26. The molecule has 2 aromatic carbocycles. The number of halogens is 1. The highest BCUT2D eigenvalue weighted by Gasteiger charge is 2.21. The van der Waals surface area contributed by atoms with Crippen LogP contribution in [0.4, 0.5) is 11.9 Å². The molecule has 0 saturated heterocycles. The van der Waals surface area contributed by atoms with Crippen LogP contribution in [0, 0.1) is 0 Å². The van der Waals surface area contributed by atoms with Gasteiger partial charge in [-0.1, -0.05) is 30.7 Å². The lowest BCUT2D eigenvalue weighted by Crippen LogP contribution is -2.33. The lowest BCUT2D eigenvalue weighted by molar-refractivity contribution is 0.399. The van der Waals surface area contributed by atoms with Crippen molar-refractivity contribution in [1.29, 1.82) is 0 Å². The van der Waals surface area contributed by atoms with Crippen LogP contribution in [0.2, 0.25) is 5.02 Å². The molecule has 2 heterocycles. The highest BCUT2D eigenvalue weighted by molar-refractivity contribution is 7.92. The van der Waals surface area contributed by atoms with Crippen LogP contribution in [-0.2, 0) is 17.8 Å². The van der Waals surface area contributed by atoms with Gasteiger partial charge in [0.1, 0.15) is 11.4 Å². The van der Waals surface area contributed by atoms with Gasteiger partial charge in [-0.05, 0) is 67.5 Å². The first kappa shape index (κ1) is 26.4. The maximum Gasteiger partial charge on any atom is 0.268 e. The van der Waals surface area contributed by atoms with Crippen LogP contribution < -0.4 is 20.5 Å². The summed E-state index contributed by atoms with van der Waals surface area (Å²) in [6.07, 6.45) is 8.38. The second-order valence-electron chi connectivity index (χ2n) is 9.29. The van der Waals surface area contributed by atoms with E-state index >= 15 is 0 Å². The fourth-order valence-corrected chi connectivity index (χ4v) is 5.83. The highest BCUT2D eigenvalue weighted by Crippen LogP contribution is 2.33. The van der Waals surface area contributed by atoms with Crippen molar-refractivity contribution >= 4 is 45.8 Å². The van der Waals surface area contributed by atoms with Crippen LogP contribution >= 0.6 is 11.6 Å². The molecule has 0 amide bonds. The molecule has 0 aliphatic heterocycles. The predicted molar refractivity (Wildman–Crippen MR) is 152 cm³/mol. The summed E-state index contributed by atoms with van der Waals surface area (Å²) in [5, 5.41) is 4.80. The van der Waals surface area contributed by atoms with Crippen LogP contribution in [0.15, 0.2) is 53.7 Å². The first-order valence-electron chi connectivity index (χ1n) is 12.6. The number of nitrogens with one attached hydrogen (secondary N) is 2. The third kappa shape index (κ3) is 5.78. The monoisotopic (exact) mass is 551 g/mol. The first-order valence-corrected chi connectivity index (χ1v) is 14.1. The van der Waals surface area contributed by atoms with Gasteiger partial charge in [0, 0.05) is 29.9 Å². The van der Waals surface area contributed by atoms with Crippen molar-refractivity contribution in [2.75, 3.05) is 17.1 Å². The molecule has 0 radical (unpaired) electrons. The summed E-state index contributed by atoms with van der Waals surface area (Å²) in [6.45, 7) is 2.10. The molecular formula is C27H30ClN7O2S. The molecule has 5 rings (SSSR count). The lowest BCUT2D eigenvalue weighted by atomic mass is 9.92. The minimum absolute atomic E-state index is 0.170. The van der Waals surface area contributed by atoms with Crippen molar-refractivity contribution in [2.45, 2.75) is 56.0 Å². The summed E-state index contributed by atoms with van der Waals surface area (Å²) < 4.78 is 21.1. The van der Waals surface area contributed by atoms with E-state index in [9.17, 15) is 4.55 Å². The number of rotatable bonds is 8. The summed E-state index contributed by atoms with van der Waals surface area (Å²) in [4.78, 5) is 18.7. The van der Waals surface area contributed by atoms with E-state index in [4.69, 9.17) is 27.1 Å². The maximum absolute atomic E-state index is 12.8. The molecule has 1 fully saturated rings. The largest absolute Gasteiger partial charge is 0.588 e. The van der Waals surface area contributed by atoms with Crippen LogP contribution in [0.1, 0.15) is 38.2 Å². The SMILES string of the molecule is CCc1cc(-c2cnc(N[S+]([O-])c3ccccc3Cl)nc2OC)cc2cnc(N[C@H]3CC[C@H](N)CC3)nc12. The molecular weight excluding hydrogens is 522 g/mol. The molecule has 1 atom stereocenters. The Morgan fingerprint density at radius 1 is 1.08 bits per heavy atom. The Morgan fingerprint density at radius 2 is 1.84 bits per heavy atom. The van der Waals surface area contributed by atoms with Crippen molar-refractivity contribution in [3.05, 3.63) is 59.4 Å². The van der Waals surface area contributed by atoms with Crippen LogP contribution in [0.5, 0.6) is 5.88 Å². The molecule has 1 aliphatic carbocycles. The van der Waals surface area contributed by atoms with E-state index in [1.807, 2.05) is 12.3 Å². The van der Waals surface area contributed by atoms with E-state index in [0.717, 1.165) is 54.1 Å². The third-order valence-electron chi connectivity index (χ3n) is 6.73. The van der Waals surface area contributed by atoms with Gasteiger partial charge in [-0.3, -0.25) is 0 Å². The summed E-state index contributed by atoms with van der Waals surface area (Å²) >= 11 is 4.54. The summed E-state index contributed by atoms with van der Waals surface area (Å²) in [7, 11) is 1.54. The summed E-state index contributed by atoms with van der Waals surface area (Å²) in [6, 6.07) is 11.6. The van der Waals surface area contributed by atoms with Gasteiger partial charge in [-0.25, -0.2) is 15.0 Å². The number of nitrogens with two attached hydrogens (primary N) is 1. The Morgan fingerprint density at radius 3 is 2.58 bits per heavy atom. The number of aromatic nitrogens is 4. The van der Waals surface area contributed by atoms with E-state index < -0.39 is 11.4 Å². The van der Waals surface area contributed by atoms with Gasteiger partial charge in [-0.15, -0.1) is 0 Å². The fraction of sp³-hybridized carbons (Fsp3) is 0.333. The average Bonchev–Trinajstić information content (AvgIpc) is 2.93. The smallest absolute Gasteiger partial charge is 0.268 e. The molecule has 1 aliphatic rings. The molecule has 1 unspecified atom stereocenters. The van der Waals surface area contributed by atoms with Crippen molar-refractivity contribution in [2.24, 2.45) is 5.73 Å². The standard InChI is InChI=1S/C27H30ClN7O2S/c1-3-16-12-17(13-18-14-30-26(33-24(16)18)32-20-10-8-19(29)9-11-20)21-15-31-27(34-25(21)37-2)35-38(36)23-7-5-4-6-22(23)28/h4-7,12-15,19-20H,3,8-11,29H2,1-2H3,(H,30,32,33)(H,31,34,35)/t19-,20-,38?. The van der Waals surface area contributed by atoms with E-state index in [1.165, 1.54) is 0 Å². The van der Waals surface area contributed by atoms with Gasteiger partial charge in [0.15, 0.2) is 4.90 Å². The molecule has 11 heteroatoms. The molecule has 1 saturated carbocycles. The normalized spacial score (nSPS) is 18.2. The van der Waals surface area contributed by atoms with E-state index in [-0.39, 0.29) is 5.95 Å². The molecule has 0 spiro atoms. The van der Waals surface area contributed by atoms with Gasteiger partial charge in [0.25, 0.3) is 5.95 Å². The first-order chi connectivity index (χ1) is 18.4. The molecule has 0 bridgehead atoms. The second-order valence-corrected chi connectivity index (χ2v) is 10.9. The van der Waals surface area contributed by atoms with Gasteiger partial charge in [0.05, 0.1) is 23.2 Å². The summed E-state index contributed by atoms with van der Waals surface area (Å²) in [5.74, 6) is 1.17. The molecule has 4 N–H and O–H groups in total. The molecule has 4 aromatic rings. The number of hydrogen-bond acceptors (Lipinski definition) is 9. The van der Waals surface area contributed by atoms with E-state index in [0.29, 0.717) is 39.4 Å². The van der Waals surface area contributed by atoms with Crippen molar-refractivity contribution in [3.63, 3.8) is 0 Å². The number of methoxy groups -OCH3 is 1. The minimum atomic E-state index is -1.63. The van der Waals surface area contributed by atoms with Crippen LogP contribution in [0.3, 0.4) is 0 Å². The number of fused-ring (bicyclic) bond motifs is 1. The Balaban J connectivity index is 1.41. The van der Waals surface area contributed by atoms with Gasteiger partial charge in [-0.2, -0.15) is 9.71 Å². The zero-order valence-electron chi connectivity index (χ0n) is 21.3. The van der Waals surface area contributed by atoms with Gasteiger partial charge < -0.3 is 20.3 Å². The molecule has 198 valence electrons. The third-order valence-corrected chi connectivity index (χ3v) is 8.29. The molecule has 2 aromatic heterocycles.